The number of aromatic nitrogens is 5. The zero-order chi connectivity index (χ0) is 23.9. The van der Waals surface area contributed by atoms with Gasteiger partial charge in [0.1, 0.15) is 5.84 Å². The molecule has 35 heavy (non-hydrogen) atoms. The molecule has 1 aliphatic rings. The summed E-state index contributed by atoms with van der Waals surface area (Å²) >= 11 is 1.67. The smallest absolute Gasteiger partial charge is 0.181 e. The van der Waals surface area contributed by atoms with Crippen molar-refractivity contribution in [2.75, 3.05) is 13.1 Å². The molecule has 6 rings (SSSR count). The number of aliphatic imine (C=N–C) groups is 1. The van der Waals surface area contributed by atoms with Crippen LogP contribution in [0.3, 0.4) is 0 Å². The lowest BCUT2D eigenvalue weighted by molar-refractivity contribution is 0.256. The van der Waals surface area contributed by atoms with Gasteiger partial charge in [-0.2, -0.15) is 16.4 Å². The molecule has 174 valence electrons. The summed E-state index contributed by atoms with van der Waals surface area (Å²) < 4.78 is 0. The van der Waals surface area contributed by atoms with Crippen LogP contribution in [0.4, 0.5) is 0 Å². The van der Waals surface area contributed by atoms with E-state index in [0.29, 0.717) is 5.65 Å². The largest absolute Gasteiger partial charge is 0.353 e. The first-order valence-corrected chi connectivity index (χ1v) is 12.3. The SMILES string of the molecule is C=CC(=N/C(=C\C)c1cnc2n[nH]c(-c3cc4c(-c5ccsc5)cncc4[nH]3)c2c1)N1CC(N)C1. The van der Waals surface area contributed by atoms with Crippen molar-refractivity contribution in [1.29, 1.82) is 0 Å². The minimum atomic E-state index is 0.187. The van der Waals surface area contributed by atoms with Gasteiger partial charge in [-0.15, -0.1) is 0 Å². The highest BCUT2D eigenvalue weighted by atomic mass is 32.1. The summed E-state index contributed by atoms with van der Waals surface area (Å²) in [5.74, 6) is 0.816. The fourth-order valence-electron chi connectivity index (χ4n) is 4.44. The lowest BCUT2D eigenvalue weighted by atomic mass is 10.1. The molecule has 0 unspecified atom stereocenters. The van der Waals surface area contributed by atoms with E-state index in [1.54, 1.807) is 23.6 Å². The van der Waals surface area contributed by atoms with Crippen LogP contribution in [0, 0.1) is 0 Å². The molecular weight excluding hydrogens is 456 g/mol. The van der Waals surface area contributed by atoms with Crippen LogP contribution < -0.4 is 5.73 Å². The average molecular weight is 481 g/mol. The number of rotatable bonds is 5. The van der Waals surface area contributed by atoms with Crippen molar-refractivity contribution in [3.05, 3.63) is 71.8 Å². The number of nitrogens with two attached hydrogens (primary N) is 1. The number of H-pyrrole nitrogens is 2. The lowest BCUT2D eigenvalue weighted by Crippen LogP contribution is -2.57. The van der Waals surface area contributed by atoms with Crippen molar-refractivity contribution in [3.63, 3.8) is 0 Å². The number of hydrogen-bond acceptors (Lipinski definition) is 6. The number of hydrogen-bond donors (Lipinski definition) is 3. The van der Waals surface area contributed by atoms with Crippen molar-refractivity contribution in [1.82, 2.24) is 30.0 Å². The quantitative estimate of drug-likeness (QED) is 0.247. The van der Waals surface area contributed by atoms with Crippen molar-refractivity contribution in [2.45, 2.75) is 13.0 Å². The Bertz CT molecular complexity index is 1600. The second-order valence-electron chi connectivity index (χ2n) is 8.55. The molecule has 0 aromatic carbocycles. The summed E-state index contributed by atoms with van der Waals surface area (Å²) in [5.41, 5.74) is 13.4. The van der Waals surface area contributed by atoms with Crippen LogP contribution in [0.15, 0.2) is 71.3 Å². The maximum atomic E-state index is 5.95. The Balaban J connectivity index is 1.41. The maximum absolute atomic E-state index is 5.95. The van der Waals surface area contributed by atoms with Gasteiger partial charge in [0.15, 0.2) is 5.65 Å². The number of fused-ring (bicyclic) bond motifs is 2. The summed E-state index contributed by atoms with van der Waals surface area (Å²) in [7, 11) is 0. The Morgan fingerprint density at radius 3 is 2.89 bits per heavy atom. The molecule has 0 bridgehead atoms. The highest BCUT2D eigenvalue weighted by molar-refractivity contribution is 7.08. The summed E-state index contributed by atoms with van der Waals surface area (Å²) in [5, 5.41) is 13.8. The minimum Gasteiger partial charge on any atom is -0.353 e. The molecule has 0 aliphatic carbocycles. The zero-order valence-corrected chi connectivity index (χ0v) is 20.0. The van der Waals surface area contributed by atoms with Crippen LogP contribution in [-0.4, -0.2) is 55.0 Å². The molecular formula is C26H24N8S. The molecule has 0 atom stereocenters. The molecule has 0 saturated carbocycles. The van der Waals surface area contributed by atoms with Gasteiger partial charge in [0.2, 0.25) is 0 Å². The fourth-order valence-corrected chi connectivity index (χ4v) is 5.10. The number of allylic oxidation sites excluding steroid dienone is 1. The Morgan fingerprint density at radius 2 is 2.14 bits per heavy atom. The van der Waals surface area contributed by atoms with Crippen molar-refractivity contribution in [3.8, 4) is 22.5 Å². The molecule has 8 nitrogen and oxygen atoms in total. The van der Waals surface area contributed by atoms with Gasteiger partial charge in [0, 0.05) is 53.4 Å². The second kappa shape index (κ2) is 8.61. The molecule has 0 radical (unpaired) electrons. The molecule has 5 aromatic heterocycles. The predicted molar refractivity (Wildman–Crippen MR) is 143 cm³/mol. The third-order valence-corrected chi connectivity index (χ3v) is 6.96. The summed E-state index contributed by atoms with van der Waals surface area (Å²) in [6, 6.07) is 6.51. The minimum absolute atomic E-state index is 0.187. The fraction of sp³-hybridized carbons (Fsp3) is 0.154. The number of amidine groups is 1. The molecule has 4 N–H and O–H groups in total. The van der Waals surface area contributed by atoms with Gasteiger partial charge in [0.05, 0.1) is 28.8 Å². The van der Waals surface area contributed by atoms with Gasteiger partial charge in [-0.3, -0.25) is 10.1 Å². The lowest BCUT2D eigenvalue weighted by Gasteiger charge is -2.38. The third-order valence-electron chi connectivity index (χ3n) is 6.28. The van der Waals surface area contributed by atoms with Gasteiger partial charge in [0.25, 0.3) is 0 Å². The van der Waals surface area contributed by atoms with Gasteiger partial charge in [-0.05, 0) is 47.5 Å². The monoisotopic (exact) mass is 480 g/mol. The van der Waals surface area contributed by atoms with Crippen LogP contribution in [0.5, 0.6) is 0 Å². The van der Waals surface area contributed by atoms with Crippen molar-refractivity contribution >= 4 is 44.8 Å². The van der Waals surface area contributed by atoms with Crippen LogP contribution in [-0.2, 0) is 0 Å². The number of nitrogens with zero attached hydrogens (tertiary/aromatic N) is 5. The molecule has 6 heterocycles. The number of aromatic amines is 2. The average Bonchev–Trinajstić information content (AvgIpc) is 3.61. The topological polar surface area (TPSA) is 112 Å². The van der Waals surface area contributed by atoms with E-state index in [1.807, 2.05) is 25.4 Å². The van der Waals surface area contributed by atoms with E-state index in [9.17, 15) is 0 Å². The van der Waals surface area contributed by atoms with Crippen molar-refractivity contribution < 1.29 is 0 Å². The molecule has 0 amide bonds. The van der Waals surface area contributed by atoms with E-state index in [0.717, 1.165) is 69.0 Å². The Kier molecular flexibility index (Phi) is 5.28. The number of pyridine rings is 2. The van der Waals surface area contributed by atoms with E-state index < -0.39 is 0 Å². The van der Waals surface area contributed by atoms with Gasteiger partial charge >= 0.3 is 0 Å². The van der Waals surface area contributed by atoms with E-state index in [-0.39, 0.29) is 6.04 Å². The third kappa shape index (κ3) is 3.74. The van der Waals surface area contributed by atoms with Gasteiger partial charge < -0.3 is 15.6 Å². The number of thiophene rings is 1. The van der Waals surface area contributed by atoms with Gasteiger partial charge in [-0.25, -0.2) is 9.98 Å². The van der Waals surface area contributed by atoms with Crippen LogP contribution in [0.1, 0.15) is 12.5 Å². The standard InChI is InChI=1S/C26H24N8S/c1-3-21(31-24(4-2)34-12-17(27)13-34)16-7-19-25(32-33-26(19)29-9-16)22-8-18-20(15-5-6-35-14-15)10-28-11-23(18)30-22/h3-11,14,17,30H,2,12-13,27H2,1H3,(H,29,32,33)/b21-3-,31-24?. The summed E-state index contributed by atoms with van der Waals surface area (Å²) in [6.45, 7) is 7.47. The van der Waals surface area contributed by atoms with Crippen molar-refractivity contribution in [2.24, 2.45) is 10.7 Å². The molecule has 9 heteroatoms. The number of likely N-dealkylation sites (tertiary alicyclic amines) is 1. The van der Waals surface area contributed by atoms with Gasteiger partial charge in [-0.1, -0.05) is 12.7 Å². The number of nitrogens with one attached hydrogen (secondary N) is 2. The van der Waals surface area contributed by atoms with E-state index >= 15 is 0 Å². The molecule has 1 fully saturated rings. The summed E-state index contributed by atoms with van der Waals surface area (Å²) in [6.07, 6.45) is 9.31. The highest BCUT2D eigenvalue weighted by Crippen LogP contribution is 2.34. The van der Waals surface area contributed by atoms with E-state index in [1.165, 1.54) is 0 Å². The normalized spacial score (nSPS) is 15.2. The maximum Gasteiger partial charge on any atom is 0.181 e. The second-order valence-corrected chi connectivity index (χ2v) is 9.33. The Hall–Kier alpha value is -4.08. The molecule has 5 aromatic rings. The molecule has 0 spiro atoms. The first-order chi connectivity index (χ1) is 17.1. The molecule has 1 saturated heterocycles. The summed E-state index contributed by atoms with van der Waals surface area (Å²) in [4.78, 5) is 19.5. The molecule has 1 aliphatic heterocycles. The van der Waals surface area contributed by atoms with E-state index in [2.05, 4.69) is 65.6 Å². The van der Waals surface area contributed by atoms with Crippen LogP contribution in [0.2, 0.25) is 0 Å². The zero-order valence-electron chi connectivity index (χ0n) is 19.2. The highest BCUT2D eigenvalue weighted by Gasteiger charge is 2.25. The first kappa shape index (κ1) is 21.5. The van der Waals surface area contributed by atoms with Crippen LogP contribution in [0.25, 0.3) is 50.1 Å². The van der Waals surface area contributed by atoms with E-state index in [4.69, 9.17) is 10.7 Å². The predicted octanol–water partition coefficient (Wildman–Crippen LogP) is 4.82. The Morgan fingerprint density at radius 1 is 1.26 bits per heavy atom. The first-order valence-electron chi connectivity index (χ1n) is 11.4. The Labute approximate surface area is 205 Å². The van der Waals surface area contributed by atoms with Crippen LogP contribution >= 0.6 is 11.3 Å².